The molecule has 0 aliphatic carbocycles. The zero-order valence-electron chi connectivity index (χ0n) is 10.1. The van der Waals surface area contributed by atoms with Gasteiger partial charge in [0.25, 0.3) is 0 Å². The van der Waals surface area contributed by atoms with E-state index in [1.54, 1.807) is 18.4 Å². The smallest absolute Gasteiger partial charge is 0.119 e. The van der Waals surface area contributed by atoms with Crippen molar-refractivity contribution in [1.82, 2.24) is 0 Å². The molecule has 1 aromatic heterocycles. The number of hydrogen-bond donors (Lipinski definition) is 1. The van der Waals surface area contributed by atoms with Crippen LogP contribution >= 0.6 is 11.3 Å². The first-order chi connectivity index (χ1) is 8.24. The lowest BCUT2D eigenvalue weighted by Crippen LogP contribution is -2.10. The van der Waals surface area contributed by atoms with Gasteiger partial charge in [0, 0.05) is 9.75 Å². The van der Waals surface area contributed by atoms with Crippen LogP contribution in [0.15, 0.2) is 36.4 Å². The first-order valence-electron chi connectivity index (χ1n) is 5.72. The monoisotopic (exact) mass is 247 g/mol. The van der Waals surface area contributed by atoms with E-state index in [9.17, 15) is 0 Å². The highest BCUT2D eigenvalue weighted by molar-refractivity contribution is 7.12. The van der Waals surface area contributed by atoms with Crippen LogP contribution < -0.4 is 10.5 Å². The molecule has 1 unspecified atom stereocenters. The summed E-state index contributed by atoms with van der Waals surface area (Å²) in [6, 6.07) is 12.2. The van der Waals surface area contributed by atoms with E-state index in [4.69, 9.17) is 10.5 Å². The number of rotatable bonds is 4. The Bertz CT molecular complexity index is 492. The van der Waals surface area contributed by atoms with Gasteiger partial charge >= 0.3 is 0 Å². The van der Waals surface area contributed by atoms with Crippen LogP contribution in [0.1, 0.15) is 28.3 Å². The number of thiophene rings is 1. The molecule has 90 valence electrons. The molecule has 0 saturated heterocycles. The summed E-state index contributed by atoms with van der Waals surface area (Å²) in [4.78, 5) is 2.58. The van der Waals surface area contributed by atoms with Gasteiger partial charge in [-0.15, -0.1) is 11.3 Å². The molecule has 1 heterocycles. The van der Waals surface area contributed by atoms with Crippen molar-refractivity contribution in [2.75, 3.05) is 7.11 Å². The van der Waals surface area contributed by atoms with Gasteiger partial charge in [0.2, 0.25) is 0 Å². The van der Waals surface area contributed by atoms with Crippen molar-refractivity contribution >= 4 is 11.3 Å². The van der Waals surface area contributed by atoms with Gasteiger partial charge in [0.05, 0.1) is 13.2 Å². The molecule has 2 nitrogen and oxygen atoms in total. The molecule has 0 radical (unpaired) electrons. The molecule has 2 N–H and O–H groups in total. The lowest BCUT2D eigenvalue weighted by atomic mass is 10.1. The maximum atomic E-state index is 6.26. The predicted octanol–water partition coefficient (Wildman–Crippen LogP) is 3.37. The Hall–Kier alpha value is -1.32. The van der Waals surface area contributed by atoms with E-state index >= 15 is 0 Å². The number of benzene rings is 1. The number of methoxy groups -OCH3 is 1. The summed E-state index contributed by atoms with van der Waals surface area (Å²) >= 11 is 1.78. The molecule has 17 heavy (non-hydrogen) atoms. The van der Waals surface area contributed by atoms with Crippen molar-refractivity contribution in [3.8, 4) is 5.75 Å². The highest BCUT2D eigenvalue weighted by Gasteiger charge is 2.11. The summed E-state index contributed by atoms with van der Waals surface area (Å²) in [7, 11) is 1.67. The van der Waals surface area contributed by atoms with Crippen molar-refractivity contribution in [3.05, 3.63) is 51.7 Å². The minimum atomic E-state index is -0.0598. The van der Waals surface area contributed by atoms with Crippen LogP contribution in [0.2, 0.25) is 0 Å². The van der Waals surface area contributed by atoms with Crippen molar-refractivity contribution in [2.24, 2.45) is 5.73 Å². The molecule has 0 amide bonds. The van der Waals surface area contributed by atoms with Crippen LogP contribution in [-0.2, 0) is 6.42 Å². The molecule has 2 aromatic rings. The molecule has 1 aromatic carbocycles. The SMILES string of the molecule is CCc1ccc(C(N)c2cccc(OC)c2)s1. The normalized spacial score (nSPS) is 12.4. The summed E-state index contributed by atoms with van der Waals surface area (Å²) in [5.41, 5.74) is 7.35. The fourth-order valence-corrected chi connectivity index (χ4v) is 2.73. The second-order valence-corrected chi connectivity index (χ2v) is 5.11. The fraction of sp³-hybridized carbons (Fsp3) is 0.286. The molecule has 0 saturated carbocycles. The largest absolute Gasteiger partial charge is 0.497 e. The van der Waals surface area contributed by atoms with Crippen LogP contribution in [0, 0.1) is 0 Å². The van der Waals surface area contributed by atoms with Crippen molar-refractivity contribution < 1.29 is 4.74 Å². The van der Waals surface area contributed by atoms with Gasteiger partial charge in [-0.3, -0.25) is 0 Å². The summed E-state index contributed by atoms with van der Waals surface area (Å²) in [5, 5.41) is 0. The first kappa shape index (κ1) is 12.1. The first-order valence-corrected chi connectivity index (χ1v) is 6.54. The Balaban J connectivity index is 2.26. The van der Waals surface area contributed by atoms with Gasteiger partial charge < -0.3 is 10.5 Å². The van der Waals surface area contributed by atoms with Gasteiger partial charge in [-0.2, -0.15) is 0 Å². The van der Waals surface area contributed by atoms with Crippen LogP contribution in [0.5, 0.6) is 5.75 Å². The van der Waals surface area contributed by atoms with E-state index in [1.165, 1.54) is 9.75 Å². The highest BCUT2D eigenvalue weighted by Crippen LogP contribution is 2.28. The quantitative estimate of drug-likeness (QED) is 0.899. The second-order valence-electron chi connectivity index (χ2n) is 3.91. The van der Waals surface area contributed by atoms with Gasteiger partial charge in [0.15, 0.2) is 0 Å². The Kier molecular flexibility index (Phi) is 3.82. The second kappa shape index (κ2) is 5.34. The molecule has 1 atom stereocenters. The molecular weight excluding hydrogens is 230 g/mol. The molecular formula is C14H17NOS. The van der Waals surface area contributed by atoms with Gasteiger partial charge in [0.1, 0.15) is 5.75 Å². The molecule has 3 heteroatoms. The zero-order chi connectivity index (χ0) is 12.3. The van der Waals surface area contributed by atoms with Gasteiger partial charge in [-0.1, -0.05) is 19.1 Å². The number of aryl methyl sites for hydroxylation is 1. The molecule has 0 aliphatic rings. The zero-order valence-corrected chi connectivity index (χ0v) is 11.0. The summed E-state index contributed by atoms with van der Waals surface area (Å²) in [6.45, 7) is 2.16. The summed E-state index contributed by atoms with van der Waals surface area (Å²) < 4.78 is 5.22. The minimum absolute atomic E-state index is 0.0598. The molecule has 0 bridgehead atoms. The maximum Gasteiger partial charge on any atom is 0.119 e. The highest BCUT2D eigenvalue weighted by atomic mass is 32.1. The lowest BCUT2D eigenvalue weighted by molar-refractivity contribution is 0.414. The van der Waals surface area contributed by atoms with Crippen molar-refractivity contribution in [3.63, 3.8) is 0 Å². The van der Waals surface area contributed by atoms with Crippen LogP contribution in [-0.4, -0.2) is 7.11 Å². The van der Waals surface area contributed by atoms with Crippen molar-refractivity contribution in [1.29, 1.82) is 0 Å². The molecule has 0 aliphatic heterocycles. The minimum Gasteiger partial charge on any atom is -0.497 e. The van der Waals surface area contributed by atoms with Crippen molar-refractivity contribution in [2.45, 2.75) is 19.4 Å². The standard InChI is InChI=1S/C14H17NOS/c1-3-12-7-8-13(17-12)14(15)10-5-4-6-11(9-10)16-2/h4-9,14H,3,15H2,1-2H3. The molecule has 2 rings (SSSR count). The fourth-order valence-electron chi connectivity index (χ4n) is 1.75. The lowest BCUT2D eigenvalue weighted by Gasteiger charge is -2.11. The van der Waals surface area contributed by atoms with E-state index in [1.807, 2.05) is 24.3 Å². The van der Waals surface area contributed by atoms with Gasteiger partial charge in [-0.25, -0.2) is 0 Å². The van der Waals surface area contributed by atoms with Crippen LogP contribution in [0.4, 0.5) is 0 Å². The Morgan fingerprint density at radius 2 is 2.12 bits per heavy atom. The Morgan fingerprint density at radius 1 is 1.29 bits per heavy atom. The maximum absolute atomic E-state index is 6.26. The molecule has 0 fully saturated rings. The number of ether oxygens (including phenoxy) is 1. The van der Waals surface area contributed by atoms with E-state index in [0.717, 1.165) is 17.7 Å². The third-order valence-corrected chi connectivity index (χ3v) is 4.10. The van der Waals surface area contributed by atoms with Gasteiger partial charge in [-0.05, 0) is 36.2 Å². The summed E-state index contributed by atoms with van der Waals surface area (Å²) in [6.07, 6.45) is 1.06. The third-order valence-electron chi connectivity index (χ3n) is 2.79. The van der Waals surface area contributed by atoms with E-state index < -0.39 is 0 Å². The Labute approximate surface area is 106 Å². The topological polar surface area (TPSA) is 35.2 Å². The van der Waals surface area contributed by atoms with E-state index in [-0.39, 0.29) is 6.04 Å². The predicted molar refractivity (Wildman–Crippen MR) is 72.7 cm³/mol. The average Bonchev–Trinajstić information content (AvgIpc) is 2.86. The van der Waals surface area contributed by atoms with E-state index in [2.05, 4.69) is 19.1 Å². The number of hydrogen-bond acceptors (Lipinski definition) is 3. The third kappa shape index (κ3) is 2.68. The average molecular weight is 247 g/mol. The summed E-state index contributed by atoms with van der Waals surface area (Å²) in [5.74, 6) is 0.852. The molecule has 0 spiro atoms. The van der Waals surface area contributed by atoms with E-state index in [0.29, 0.717) is 0 Å². The van der Waals surface area contributed by atoms with Crippen LogP contribution in [0.3, 0.4) is 0 Å². The Morgan fingerprint density at radius 3 is 2.76 bits per heavy atom. The number of nitrogens with two attached hydrogens (primary N) is 1. The van der Waals surface area contributed by atoms with Crippen LogP contribution in [0.25, 0.3) is 0 Å².